The minimum atomic E-state index is 0. The van der Waals surface area contributed by atoms with Crippen LogP contribution in [0.15, 0.2) is 48.0 Å². The second-order valence-corrected chi connectivity index (χ2v) is 5.40. The Morgan fingerprint density at radius 1 is 1.27 bits per heavy atom. The van der Waals surface area contributed by atoms with Crippen molar-refractivity contribution in [3.63, 3.8) is 0 Å². The SMILES string of the molecule is CN=C(NCc1ccc(Cn2ccnc2)cc1)NC1CC1.I. The lowest BCUT2D eigenvalue weighted by molar-refractivity contribution is 0.791. The zero-order valence-electron chi connectivity index (χ0n) is 12.7. The first kappa shape index (κ1) is 16.8. The molecule has 0 saturated heterocycles. The molecule has 1 saturated carbocycles. The van der Waals surface area contributed by atoms with Gasteiger partial charge in [-0.3, -0.25) is 4.99 Å². The lowest BCUT2D eigenvalue weighted by Crippen LogP contribution is -2.38. The predicted molar refractivity (Wildman–Crippen MR) is 99.5 cm³/mol. The van der Waals surface area contributed by atoms with E-state index in [9.17, 15) is 0 Å². The van der Waals surface area contributed by atoms with Gasteiger partial charge < -0.3 is 15.2 Å². The molecule has 118 valence electrons. The van der Waals surface area contributed by atoms with Crippen molar-refractivity contribution in [3.05, 3.63) is 54.1 Å². The molecule has 2 aromatic rings. The van der Waals surface area contributed by atoms with E-state index in [1.54, 1.807) is 6.20 Å². The molecule has 0 radical (unpaired) electrons. The molecular weight excluding hydrogens is 389 g/mol. The second kappa shape index (κ2) is 8.17. The van der Waals surface area contributed by atoms with Gasteiger partial charge in [0.1, 0.15) is 0 Å². The highest BCUT2D eigenvalue weighted by Crippen LogP contribution is 2.18. The molecule has 1 aliphatic rings. The first-order valence-corrected chi connectivity index (χ1v) is 7.34. The summed E-state index contributed by atoms with van der Waals surface area (Å²) in [6.07, 6.45) is 8.12. The molecule has 0 bridgehead atoms. The molecular formula is C16H22IN5. The van der Waals surface area contributed by atoms with Gasteiger partial charge in [0.05, 0.1) is 6.33 Å². The average Bonchev–Trinajstić information content (AvgIpc) is 3.19. The van der Waals surface area contributed by atoms with Crippen LogP contribution >= 0.6 is 24.0 Å². The van der Waals surface area contributed by atoms with Gasteiger partial charge in [0.2, 0.25) is 0 Å². The van der Waals surface area contributed by atoms with Crippen LogP contribution < -0.4 is 10.6 Å². The second-order valence-electron chi connectivity index (χ2n) is 5.40. The van der Waals surface area contributed by atoms with E-state index in [1.807, 2.05) is 19.6 Å². The van der Waals surface area contributed by atoms with Crippen LogP contribution in [-0.2, 0) is 13.1 Å². The van der Waals surface area contributed by atoms with Crippen LogP contribution in [0.25, 0.3) is 0 Å². The Balaban J connectivity index is 0.00000176. The van der Waals surface area contributed by atoms with E-state index >= 15 is 0 Å². The topological polar surface area (TPSA) is 54.2 Å². The van der Waals surface area contributed by atoms with Crippen molar-refractivity contribution < 1.29 is 0 Å². The van der Waals surface area contributed by atoms with Crippen molar-refractivity contribution in [2.24, 2.45) is 4.99 Å². The minimum Gasteiger partial charge on any atom is -0.354 e. The van der Waals surface area contributed by atoms with Gasteiger partial charge in [-0.15, -0.1) is 24.0 Å². The van der Waals surface area contributed by atoms with Crippen molar-refractivity contribution in [3.8, 4) is 0 Å². The number of aromatic nitrogens is 2. The van der Waals surface area contributed by atoms with E-state index in [0.717, 1.165) is 19.0 Å². The quantitative estimate of drug-likeness (QED) is 0.452. The molecule has 22 heavy (non-hydrogen) atoms. The summed E-state index contributed by atoms with van der Waals surface area (Å²) in [5.74, 6) is 0.889. The van der Waals surface area contributed by atoms with Gasteiger partial charge in [0.15, 0.2) is 5.96 Å². The number of imidazole rings is 1. The molecule has 1 aromatic carbocycles. The number of halogens is 1. The normalized spacial score (nSPS) is 14.3. The van der Waals surface area contributed by atoms with Crippen LogP contribution in [-0.4, -0.2) is 28.6 Å². The predicted octanol–water partition coefficient (Wildman–Crippen LogP) is 2.38. The van der Waals surface area contributed by atoms with E-state index in [0.29, 0.717) is 6.04 Å². The smallest absolute Gasteiger partial charge is 0.191 e. The van der Waals surface area contributed by atoms with Crippen molar-refractivity contribution in [2.45, 2.75) is 32.0 Å². The molecule has 3 rings (SSSR count). The molecule has 0 spiro atoms. The van der Waals surface area contributed by atoms with Gasteiger partial charge >= 0.3 is 0 Å². The van der Waals surface area contributed by atoms with Crippen LogP contribution in [0.4, 0.5) is 0 Å². The van der Waals surface area contributed by atoms with E-state index in [-0.39, 0.29) is 24.0 Å². The number of nitrogens with one attached hydrogen (secondary N) is 2. The number of benzene rings is 1. The highest BCUT2D eigenvalue weighted by atomic mass is 127. The van der Waals surface area contributed by atoms with Crippen LogP contribution in [0, 0.1) is 0 Å². The van der Waals surface area contributed by atoms with Crippen molar-refractivity contribution >= 4 is 29.9 Å². The minimum absolute atomic E-state index is 0. The van der Waals surface area contributed by atoms with E-state index < -0.39 is 0 Å². The molecule has 0 atom stereocenters. The number of aliphatic imine (C=N–C) groups is 1. The fourth-order valence-corrected chi connectivity index (χ4v) is 2.16. The summed E-state index contributed by atoms with van der Waals surface area (Å²) in [4.78, 5) is 8.29. The maximum Gasteiger partial charge on any atom is 0.191 e. The molecule has 1 aliphatic carbocycles. The summed E-state index contributed by atoms with van der Waals surface area (Å²) in [7, 11) is 1.81. The maximum absolute atomic E-state index is 4.23. The Labute approximate surface area is 148 Å². The number of nitrogens with zero attached hydrogens (tertiary/aromatic N) is 3. The molecule has 0 unspecified atom stereocenters. The zero-order valence-corrected chi connectivity index (χ0v) is 15.0. The first-order valence-electron chi connectivity index (χ1n) is 7.34. The van der Waals surface area contributed by atoms with Gasteiger partial charge in [-0.05, 0) is 24.0 Å². The molecule has 1 heterocycles. The molecule has 5 nitrogen and oxygen atoms in total. The largest absolute Gasteiger partial charge is 0.354 e. The van der Waals surface area contributed by atoms with Gasteiger partial charge in [-0.25, -0.2) is 4.98 Å². The van der Waals surface area contributed by atoms with Crippen LogP contribution in [0.2, 0.25) is 0 Å². The standard InChI is InChI=1S/C16H21N5.HI/c1-17-16(20-15-6-7-15)19-10-13-2-4-14(5-3-13)11-21-9-8-18-12-21;/h2-5,8-9,12,15H,6-7,10-11H2,1H3,(H2,17,19,20);1H. The van der Waals surface area contributed by atoms with Gasteiger partial charge in [-0.1, -0.05) is 24.3 Å². The third kappa shape index (κ3) is 5.01. The first-order chi connectivity index (χ1) is 10.3. The molecule has 0 amide bonds. The van der Waals surface area contributed by atoms with Crippen LogP contribution in [0.1, 0.15) is 24.0 Å². The highest BCUT2D eigenvalue weighted by molar-refractivity contribution is 14.0. The summed E-state index contributed by atoms with van der Waals surface area (Å²) < 4.78 is 2.06. The van der Waals surface area contributed by atoms with E-state index in [1.165, 1.54) is 24.0 Å². The number of rotatable bonds is 5. The summed E-state index contributed by atoms with van der Waals surface area (Å²) in [6.45, 7) is 1.65. The molecule has 6 heteroatoms. The molecule has 2 N–H and O–H groups in total. The lowest BCUT2D eigenvalue weighted by atomic mass is 10.1. The van der Waals surface area contributed by atoms with Crippen LogP contribution in [0.5, 0.6) is 0 Å². The van der Waals surface area contributed by atoms with E-state index in [2.05, 4.69) is 49.4 Å². The Hall–Kier alpha value is -1.57. The summed E-state index contributed by atoms with van der Waals surface area (Å²) in [5, 5.41) is 6.73. The van der Waals surface area contributed by atoms with Crippen molar-refractivity contribution in [1.82, 2.24) is 20.2 Å². The fourth-order valence-electron chi connectivity index (χ4n) is 2.16. The summed E-state index contributed by atoms with van der Waals surface area (Å²) >= 11 is 0. The Kier molecular flexibility index (Phi) is 6.23. The third-order valence-corrected chi connectivity index (χ3v) is 3.55. The summed E-state index contributed by atoms with van der Waals surface area (Å²) in [6, 6.07) is 9.25. The van der Waals surface area contributed by atoms with Crippen molar-refractivity contribution in [1.29, 1.82) is 0 Å². The Bertz CT molecular complexity index is 588. The Morgan fingerprint density at radius 3 is 2.59 bits per heavy atom. The number of hydrogen-bond donors (Lipinski definition) is 2. The van der Waals surface area contributed by atoms with E-state index in [4.69, 9.17) is 0 Å². The highest BCUT2D eigenvalue weighted by Gasteiger charge is 2.21. The Morgan fingerprint density at radius 2 is 2.00 bits per heavy atom. The average molecular weight is 411 g/mol. The van der Waals surface area contributed by atoms with Gasteiger partial charge in [0.25, 0.3) is 0 Å². The van der Waals surface area contributed by atoms with Gasteiger partial charge in [0, 0.05) is 38.6 Å². The molecule has 1 aromatic heterocycles. The summed E-state index contributed by atoms with van der Waals surface area (Å²) in [5.41, 5.74) is 2.53. The fraction of sp³-hybridized carbons (Fsp3) is 0.375. The third-order valence-electron chi connectivity index (χ3n) is 3.55. The van der Waals surface area contributed by atoms with Crippen molar-refractivity contribution in [2.75, 3.05) is 7.05 Å². The van der Waals surface area contributed by atoms with Crippen LogP contribution in [0.3, 0.4) is 0 Å². The van der Waals surface area contributed by atoms with Gasteiger partial charge in [-0.2, -0.15) is 0 Å². The molecule has 0 aliphatic heterocycles. The lowest BCUT2D eigenvalue weighted by Gasteiger charge is -2.11. The molecule has 1 fully saturated rings. The maximum atomic E-state index is 4.23. The number of hydrogen-bond acceptors (Lipinski definition) is 2. The number of guanidine groups is 1. The zero-order chi connectivity index (χ0) is 14.5. The monoisotopic (exact) mass is 411 g/mol.